The first-order valence-electron chi connectivity index (χ1n) is 13.9. The molecule has 0 spiro atoms. The Kier molecular flexibility index (Phi) is 7.04. The molecule has 1 aromatic carbocycles. The molecular formula is C27H36FN5O4S. The van der Waals surface area contributed by atoms with Gasteiger partial charge in [-0.1, -0.05) is 17.3 Å². The topological polar surface area (TPSA) is 108 Å². The zero-order valence-electron chi connectivity index (χ0n) is 21.7. The molecule has 4 atom stereocenters. The molecule has 1 saturated carbocycles. The molecule has 11 heteroatoms. The summed E-state index contributed by atoms with van der Waals surface area (Å²) in [5.41, 5.74) is 1.32. The van der Waals surface area contributed by atoms with E-state index < -0.39 is 10.2 Å². The smallest absolute Gasteiger partial charge is 0.282 e. The maximum Gasteiger partial charge on any atom is 0.282 e. The number of fused-ring (bicyclic) bond motifs is 2. The lowest BCUT2D eigenvalue weighted by molar-refractivity contribution is 0.0897. The van der Waals surface area contributed by atoms with Crippen LogP contribution in [0.5, 0.6) is 0 Å². The maximum atomic E-state index is 13.7. The van der Waals surface area contributed by atoms with Gasteiger partial charge in [0.15, 0.2) is 5.69 Å². The van der Waals surface area contributed by atoms with Gasteiger partial charge in [-0.3, -0.25) is 4.79 Å². The van der Waals surface area contributed by atoms with Crippen molar-refractivity contribution < 1.29 is 22.1 Å². The zero-order valence-corrected chi connectivity index (χ0v) is 22.5. The lowest BCUT2D eigenvalue weighted by atomic mass is 9.99. The van der Waals surface area contributed by atoms with E-state index in [9.17, 15) is 17.6 Å². The largest absolute Gasteiger partial charge is 0.360 e. The van der Waals surface area contributed by atoms with Crippen molar-refractivity contribution in [2.24, 2.45) is 0 Å². The number of halogens is 1. The Hall–Kier alpha value is -2.34. The van der Waals surface area contributed by atoms with Crippen LogP contribution in [-0.4, -0.2) is 65.3 Å². The monoisotopic (exact) mass is 545 g/mol. The summed E-state index contributed by atoms with van der Waals surface area (Å²) in [7, 11) is -3.58. The van der Waals surface area contributed by atoms with E-state index in [-0.39, 0.29) is 41.9 Å². The van der Waals surface area contributed by atoms with Gasteiger partial charge in [0.25, 0.3) is 16.1 Å². The van der Waals surface area contributed by atoms with Gasteiger partial charge in [0.1, 0.15) is 11.6 Å². The van der Waals surface area contributed by atoms with Gasteiger partial charge in [-0.05, 0) is 76.0 Å². The number of hydrogen-bond donors (Lipinski definition) is 2. The molecule has 4 aliphatic rings. The summed E-state index contributed by atoms with van der Waals surface area (Å²) in [5, 5.41) is 10.6. The zero-order chi connectivity index (χ0) is 26.4. The second kappa shape index (κ2) is 10.3. The van der Waals surface area contributed by atoms with Crippen molar-refractivity contribution in [1.82, 2.24) is 24.4 Å². The minimum atomic E-state index is -3.58. The molecule has 0 radical (unpaired) electrons. The van der Waals surface area contributed by atoms with E-state index in [0.29, 0.717) is 37.5 Å². The summed E-state index contributed by atoms with van der Waals surface area (Å²) < 4.78 is 49.3. The molecule has 3 saturated heterocycles. The van der Waals surface area contributed by atoms with Gasteiger partial charge in [0.2, 0.25) is 0 Å². The lowest BCUT2D eigenvalue weighted by Crippen LogP contribution is -2.57. The number of piperidine rings is 2. The number of aromatic nitrogens is 1. The minimum Gasteiger partial charge on any atom is -0.360 e. The Morgan fingerprint density at radius 2 is 1.68 bits per heavy atom. The molecule has 2 aromatic rings. The average Bonchev–Trinajstić information content (AvgIpc) is 3.55. The highest BCUT2D eigenvalue weighted by Crippen LogP contribution is 2.41. The maximum absolute atomic E-state index is 13.7. The first-order valence-corrected chi connectivity index (χ1v) is 15.2. The molecule has 1 aliphatic carbocycles. The summed E-state index contributed by atoms with van der Waals surface area (Å²) in [6.45, 7) is 3.00. The van der Waals surface area contributed by atoms with E-state index in [2.05, 4.69) is 15.8 Å². The number of amides is 1. The number of rotatable bonds is 8. The number of benzene rings is 1. The third kappa shape index (κ3) is 5.25. The van der Waals surface area contributed by atoms with E-state index in [1.807, 2.05) is 6.92 Å². The summed E-state index contributed by atoms with van der Waals surface area (Å²) in [5.74, 6) is 0.676. The van der Waals surface area contributed by atoms with Gasteiger partial charge < -0.3 is 15.2 Å². The molecule has 38 heavy (non-hydrogen) atoms. The standard InChI is InChI=1S/C27H36FN5O4S/c1-17(18-4-6-20(28)7-5-18)29-21-10-12-32(13-11-21)38(35,36)33-23-8-9-24(33)15-22(14-23)30-27(34)25-16-26(37-31-25)19-2-3-19/h4-7,16-17,19,21-24,29H,2-3,8-15H2,1H3,(H,30,34)/t17-,22-,23+,24-/m0/s1. The fourth-order valence-corrected chi connectivity index (χ4v) is 8.51. The van der Waals surface area contributed by atoms with Crippen molar-refractivity contribution in [3.8, 4) is 0 Å². The van der Waals surface area contributed by atoms with Gasteiger partial charge in [-0.15, -0.1) is 0 Å². The average molecular weight is 546 g/mol. The van der Waals surface area contributed by atoms with Crippen LogP contribution in [0, 0.1) is 5.82 Å². The van der Waals surface area contributed by atoms with E-state index >= 15 is 0 Å². The summed E-state index contributed by atoms with van der Waals surface area (Å²) in [6.07, 6.45) is 6.48. The van der Waals surface area contributed by atoms with Crippen LogP contribution in [0.4, 0.5) is 4.39 Å². The van der Waals surface area contributed by atoms with Crippen LogP contribution in [0.2, 0.25) is 0 Å². The molecule has 4 heterocycles. The minimum absolute atomic E-state index is 0.0615. The highest BCUT2D eigenvalue weighted by atomic mass is 32.2. The third-order valence-corrected chi connectivity index (χ3v) is 10.8. The van der Waals surface area contributed by atoms with Gasteiger partial charge >= 0.3 is 0 Å². The van der Waals surface area contributed by atoms with Gasteiger partial charge in [-0.25, -0.2) is 4.39 Å². The first-order chi connectivity index (χ1) is 18.3. The van der Waals surface area contributed by atoms with Crippen molar-refractivity contribution >= 4 is 16.1 Å². The normalized spacial score (nSPS) is 27.9. The number of carbonyl (C=O) groups excluding carboxylic acids is 1. The van der Waals surface area contributed by atoms with Crippen LogP contribution in [0.25, 0.3) is 0 Å². The number of nitrogens with zero attached hydrogens (tertiary/aromatic N) is 3. The Balaban J connectivity index is 1.02. The Labute approximate surface area is 223 Å². The second-order valence-electron chi connectivity index (χ2n) is 11.4. The quantitative estimate of drug-likeness (QED) is 0.526. The predicted molar refractivity (Wildman–Crippen MR) is 139 cm³/mol. The Morgan fingerprint density at radius 3 is 2.32 bits per heavy atom. The van der Waals surface area contributed by atoms with Crippen LogP contribution >= 0.6 is 0 Å². The van der Waals surface area contributed by atoms with Crippen LogP contribution in [0.3, 0.4) is 0 Å². The number of hydrogen-bond acceptors (Lipinski definition) is 6. The van der Waals surface area contributed by atoms with E-state index in [1.165, 1.54) is 12.1 Å². The van der Waals surface area contributed by atoms with Gasteiger partial charge in [-0.2, -0.15) is 17.0 Å². The molecule has 1 aromatic heterocycles. The SMILES string of the molecule is C[C@H](NC1CCN(S(=O)(=O)N2[C@@H]3CC[C@H]2C[C@@H](NC(=O)c2cc(C4CC4)on2)C3)CC1)c1ccc(F)cc1. The second-order valence-corrected chi connectivity index (χ2v) is 13.2. The lowest BCUT2D eigenvalue weighted by Gasteiger charge is -2.42. The summed E-state index contributed by atoms with van der Waals surface area (Å²) in [4.78, 5) is 12.7. The first kappa shape index (κ1) is 25.9. The van der Waals surface area contributed by atoms with Crippen LogP contribution in [-0.2, 0) is 10.2 Å². The van der Waals surface area contributed by atoms with Crippen LogP contribution in [0.1, 0.15) is 92.1 Å². The van der Waals surface area contributed by atoms with Crippen molar-refractivity contribution in [3.63, 3.8) is 0 Å². The van der Waals surface area contributed by atoms with Crippen LogP contribution in [0.15, 0.2) is 34.9 Å². The third-order valence-electron chi connectivity index (χ3n) is 8.64. The molecule has 1 amide bonds. The summed E-state index contributed by atoms with van der Waals surface area (Å²) >= 11 is 0. The molecule has 2 bridgehead atoms. The van der Waals surface area contributed by atoms with Gasteiger partial charge in [0, 0.05) is 55.3 Å². The van der Waals surface area contributed by atoms with E-state index in [4.69, 9.17) is 4.52 Å². The fraction of sp³-hybridized carbons (Fsp3) is 0.630. The molecule has 206 valence electrons. The van der Waals surface area contributed by atoms with Crippen molar-refractivity contribution in [1.29, 1.82) is 0 Å². The number of nitrogens with one attached hydrogen (secondary N) is 2. The highest BCUT2D eigenvalue weighted by molar-refractivity contribution is 7.86. The fourth-order valence-electron chi connectivity index (χ4n) is 6.43. The van der Waals surface area contributed by atoms with Crippen molar-refractivity contribution in [2.45, 2.75) is 94.4 Å². The Morgan fingerprint density at radius 1 is 1.03 bits per heavy atom. The molecule has 6 rings (SSSR count). The van der Waals surface area contributed by atoms with Gasteiger partial charge in [0.05, 0.1) is 0 Å². The van der Waals surface area contributed by atoms with Crippen LogP contribution < -0.4 is 10.6 Å². The van der Waals surface area contributed by atoms with Crippen molar-refractivity contribution in [2.75, 3.05) is 13.1 Å². The highest BCUT2D eigenvalue weighted by Gasteiger charge is 2.49. The molecule has 3 aliphatic heterocycles. The molecule has 9 nitrogen and oxygen atoms in total. The molecule has 0 unspecified atom stereocenters. The number of carbonyl (C=O) groups is 1. The van der Waals surface area contributed by atoms with E-state index in [1.54, 1.807) is 26.8 Å². The molecular weight excluding hydrogens is 509 g/mol. The van der Waals surface area contributed by atoms with Crippen molar-refractivity contribution in [3.05, 3.63) is 53.2 Å². The Bertz CT molecular complexity index is 1240. The predicted octanol–water partition coefficient (Wildman–Crippen LogP) is 3.48. The van der Waals surface area contributed by atoms with E-state index in [0.717, 1.165) is 49.8 Å². The molecule has 4 fully saturated rings. The summed E-state index contributed by atoms with van der Waals surface area (Å²) in [6, 6.07) is 8.22. The molecule has 2 N–H and O–H groups in total.